The highest BCUT2D eigenvalue weighted by Gasteiger charge is 2.37. The number of likely N-dealkylation sites (N-methyl/N-ethyl adjacent to an activating group) is 1. The lowest BCUT2D eigenvalue weighted by Crippen LogP contribution is -2.46. The number of nitrogens with one attached hydrogen (secondary N) is 1. The first-order valence-electron chi connectivity index (χ1n) is 23.6. The number of amides is 2. The first kappa shape index (κ1) is 53.6. The molecule has 4 bridgehead atoms. The number of hydrogen-bond acceptors (Lipinski definition) is 12. The topological polar surface area (TPSA) is 238 Å². The maximum atomic E-state index is 15.6. The summed E-state index contributed by atoms with van der Waals surface area (Å²) in [5.74, 6) is -5.27. The van der Waals surface area contributed by atoms with Gasteiger partial charge in [0.1, 0.15) is 36.6 Å². The lowest BCUT2D eigenvalue weighted by atomic mass is 9.71. The van der Waals surface area contributed by atoms with Crippen LogP contribution in [0.2, 0.25) is 5.82 Å². The molecule has 1 aliphatic rings. The van der Waals surface area contributed by atoms with Gasteiger partial charge in [-0.05, 0) is 97.6 Å². The molecule has 0 spiro atoms. The molecule has 9 N–H and O–H groups in total. The van der Waals surface area contributed by atoms with E-state index in [0.717, 1.165) is 31.2 Å². The van der Waals surface area contributed by atoms with E-state index in [0.29, 0.717) is 46.6 Å². The average molecular weight is 916 g/mol. The molecule has 3 aromatic rings. The van der Waals surface area contributed by atoms with E-state index in [1.54, 1.807) is 49.4 Å². The van der Waals surface area contributed by atoms with E-state index in [1.807, 2.05) is 0 Å². The van der Waals surface area contributed by atoms with E-state index in [1.165, 1.54) is 43.8 Å². The van der Waals surface area contributed by atoms with Crippen molar-refractivity contribution in [1.29, 1.82) is 0 Å². The highest BCUT2D eigenvalue weighted by molar-refractivity contribution is 6.43. The van der Waals surface area contributed by atoms with Gasteiger partial charge in [-0.3, -0.25) is 24.0 Å². The number of rotatable bonds is 25. The number of carbonyl (C=O) groups is 5. The number of nitrogens with two attached hydrogens (primary N) is 3. The van der Waals surface area contributed by atoms with E-state index >= 15 is 4.39 Å². The molecule has 16 heteroatoms. The van der Waals surface area contributed by atoms with Crippen molar-refractivity contribution in [2.75, 3.05) is 39.9 Å². The number of nitrogens with zero attached hydrogens (tertiary/aromatic N) is 1. The Morgan fingerprint density at radius 3 is 2.14 bits per heavy atom. The summed E-state index contributed by atoms with van der Waals surface area (Å²) >= 11 is 0. The molecule has 2 amide bonds. The summed E-state index contributed by atoms with van der Waals surface area (Å²) in [4.78, 5) is 72.3. The van der Waals surface area contributed by atoms with Crippen LogP contribution in [0, 0.1) is 17.7 Å². The standard InChI is InChI=1S/C50H71BFN5O9/c1-5-6-7-8-9-10-12-34-14-17-38(41(52)28-34)43(58)31-37(13-11-20-53)50(62)57(4)48-36-16-19-47(66-24-22-55)40(30-36)39-27-35(15-18-46(39)65-23-21-54)29-42(44(59)26-33(3)51(63)64)56-49(61)32(2)25-45(48)60/h14-19,27-28,30,32-33,37,42,48,63-64H,5-13,20-26,29,31,53-55H2,1-4H3,(H,56,61)/t32-,33-,37-,42+,48+/m1/s1. The van der Waals surface area contributed by atoms with Gasteiger partial charge in [-0.1, -0.05) is 71.1 Å². The molecule has 1 heterocycles. The summed E-state index contributed by atoms with van der Waals surface area (Å²) in [6.45, 7) is 6.12. The number of fused-ring (bicyclic) bond motifs is 5. The Labute approximate surface area is 389 Å². The molecule has 360 valence electrons. The number of unbranched alkanes of at least 4 members (excludes halogenated alkanes) is 5. The number of benzene rings is 3. The van der Waals surface area contributed by atoms with E-state index < -0.39 is 71.8 Å². The van der Waals surface area contributed by atoms with Crippen molar-refractivity contribution < 1.29 is 47.9 Å². The predicted molar refractivity (Wildman–Crippen MR) is 254 cm³/mol. The monoisotopic (exact) mass is 916 g/mol. The fourth-order valence-electron chi connectivity index (χ4n) is 8.40. The number of Topliss-reactive ketones (excluding diaryl/α,β-unsaturated/α-hetero) is 3. The largest absolute Gasteiger partial charge is 0.492 e. The third-order valence-corrected chi connectivity index (χ3v) is 12.3. The van der Waals surface area contributed by atoms with Gasteiger partial charge >= 0.3 is 7.12 Å². The zero-order valence-electron chi connectivity index (χ0n) is 39.2. The number of carbonyl (C=O) groups excluding carboxylic acids is 5. The van der Waals surface area contributed by atoms with Crippen LogP contribution in [0.1, 0.15) is 124 Å². The van der Waals surface area contributed by atoms with Crippen LogP contribution in [0.5, 0.6) is 11.5 Å². The summed E-state index contributed by atoms with van der Waals surface area (Å²) in [5.41, 5.74) is 20.3. The molecule has 0 aromatic heterocycles. The number of hydrogen-bond donors (Lipinski definition) is 6. The van der Waals surface area contributed by atoms with Crippen molar-refractivity contribution in [1.82, 2.24) is 10.2 Å². The summed E-state index contributed by atoms with van der Waals surface area (Å²) in [7, 11) is -0.294. The van der Waals surface area contributed by atoms with Crippen LogP contribution in [0.4, 0.5) is 4.39 Å². The van der Waals surface area contributed by atoms with Crippen molar-refractivity contribution in [3.8, 4) is 22.6 Å². The summed E-state index contributed by atoms with van der Waals surface area (Å²) < 4.78 is 27.8. The van der Waals surface area contributed by atoms with Crippen molar-refractivity contribution >= 4 is 36.3 Å². The SMILES string of the molecule is CCCCCCCCc1ccc(C(=O)C[C@@H](CCCN)C(=O)N(C)[C@@H]2C(=O)C[C@@H](C)C(=O)N[C@H](C(=O)C[C@@H](C)B(O)O)Cc3ccc(OCCN)c(c3)-c3cc2ccc3OCCN)c(F)c1. The van der Waals surface area contributed by atoms with Crippen LogP contribution < -0.4 is 32.0 Å². The Kier molecular flexibility index (Phi) is 21.9. The Balaban J connectivity index is 1.78. The van der Waals surface area contributed by atoms with Crippen LogP contribution >= 0.6 is 0 Å². The zero-order chi connectivity index (χ0) is 48.3. The Morgan fingerprint density at radius 2 is 1.50 bits per heavy atom. The van der Waals surface area contributed by atoms with Crippen molar-refractivity contribution in [3.63, 3.8) is 0 Å². The van der Waals surface area contributed by atoms with E-state index in [-0.39, 0.29) is 70.5 Å². The normalized spacial score (nSPS) is 17.3. The minimum atomic E-state index is -1.76. The van der Waals surface area contributed by atoms with Gasteiger partial charge in [0, 0.05) is 62.4 Å². The van der Waals surface area contributed by atoms with E-state index in [9.17, 15) is 34.0 Å². The highest BCUT2D eigenvalue weighted by Crippen LogP contribution is 2.41. The average Bonchev–Trinajstić information content (AvgIpc) is 3.29. The minimum absolute atomic E-state index is 0.0261. The molecule has 4 rings (SSSR count). The lowest BCUT2D eigenvalue weighted by molar-refractivity contribution is -0.142. The number of aryl methyl sites for hydroxylation is 1. The summed E-state index contributed by atoms with van der Waals surface area (Å²) in [6.07, 6.45) is 6.96. The molecule has 1 aliphatic heterocycles. The maximum Gasteiger partial charge on any atom is 0.454 e. The zero-order valence-corrected chi connectivity index (χ0v) is 39.2. The molecule has 5 atom stereocenters. The summed E-state index contributed by atoms with van der Waals surface area (Å²) in [6, 6.07) is 12.5. The van der Waals surface area contributed by atoms with Gasteiger partial charge in [-0.25, -0.2) is 4.39 Å². The smallest absolute Gasteiger partial charge is 0.454 e. The third kappa shape index (κ3) is 15.3. The fourth-order valence-corrected chi connectivity index (χ4v) is 8.40. The number of halogens is 1. The highest BCUT2D eigenvalue weighted by atomic mass is 19.1. The van der Waals surface area contributed by atoms with E-state index in [2.05, 4.69) is 12.2 Å². The molecule has 0 aliphatic carbocycles. The molecule has 0 saturated heterocycles. The third-order valence-electron chi connectivity index (χ3n) is 12.3. The van der Waals surface area contributed by atoms with Gasteiger partial charge in [0.2, 0.25) is 11.8 Å². The van der Waals surface area contributed by atoms with Gasteiger partial charge < -0.3 is 46.9 Å². The quantitative estimate of drug-likeness (QED) is 0.0343. The Bertz CT molecular complexity index is 2100. The fraction of sp³-hybridized carbons (Fsp3) is 0.540. The molecule has 14 nitrogen and oxygen atoms in total. The van der Waals surface area contributed by atoms with Gasteiger partial charge in [-0.2, -0.15) is 0 Å². The van der Waals surface area contributed by atoms with Crippen molar-refractivity contribution in [2.24, 2.45) is 29.0 Å². The second-order valence-electron chi connectivity index (χ2n) is 17.7. The van der Waals surface area contributed by atoms with Gasteiger partial charge in [0.05, 0.1) is 11.6 Å². The molecule has 3 aromatic carbocycles. The first-order valence-corrected chi connectivity index (χ1v) is 23.6. The predicted octanol–water partition coefficient (Wildman–Crippen LogP) is 5.66. The minimum Gasteiger partial charge on any atom is -0.492 e. The maximum absolute atomic E-state index is 15.6. The molecule has 0 unspecified atom stereocenters. The van der Waals surface area contributed by atoms with Crippen LogP contribution in [0.3, 0.4) is 0 Å². The Morgan fingerprint density at radius 1 is 0.848 bits per heavy atom. The van der Waals surface area contributed by atoms with E-state index in [4.69, 9.17) is 26.7 Å². The Hall–Kier alpha value is -5.00. The lowest BCUT2D eigenvalue weighted by Gasteiger charge is -2.32. The van der Waals surface area contributed by atoms with Crippen LogP contribution in [0.15, 0.2) is 54.6 Å². The molecular weight excluding hydrogens is 844 g/mol. The van der Waals surface area contributed by atoms with Crippen molar-refractivity contribution in [3.05, 3.63) is 82.7 Å². The first-order chi connectivity index (χ1) is 31.6. The molecule has 0 fully saturated rings. The molecular formula is C50H71BFN5O9. The number of ketones is 3. The number of ether oxygens (including phenoxy) is 2. The second kappa shape index (κ2) is 27.0. The molecule has 66 heavy (non-hydrogen) atoms. The summed E-state index contributed by atoms with van der Waals surface area (Å²) in [5, 5.41) is 22.4. The van der Waals surface area contributed by atoms with Gasteiger partial charge in [-0.15, -0.1) is 0 Å². The van der Waals surface area contributed by atoms with Gasteiger partial charge in [0.25, 0.3) is 0 Å². The van der Waals surface area contributed by atoms with Crippen LogP contribution in [-0.4, -0.2) is 97.2 Å². The van der Waals surface area contributed by atoms with Crippen LogP contribution in [-0.2, 0) is 32.0 Å². The van der Waals surface area contributed by atoms with Crippen LogP contribution in [0.25, 0.3) is 11.1 Å². The van der Waals surface area contributed by atoms with Gasteiger partial charge in [0.15, 0.2) is 17.3 Å². The molecule has 0 saturated carbocycles. The second-order valence-corrected chi connectivity index (χ2v) is 17.7. The molecule has 0 radical (unpaired) electrons. The van der Waals surface area contributed by atoms with Crippen molar-refractivity contribution in [2.45, 2.75) is 122 Å².